The lowest BCUT2D eigenvalue weighted by molar-refractivity contribution is 0.0179. The molecule has 0 unspecified atom stereocenters. The number of ether oxygens (including phenoxy) is 2. The first-order chi connectivity index (χ1) is 22.3. The van der Waals surface area contributed by atoms with Crippen LogP contribution in [0.2, 0.25) is 0 Å². The number of amides is 3. The van der Waals surface area contributed by atoms with Crippen LogP contribution in [0.1, 0.15) is 49.5 Å². The highest BCUT2D eigenvalue weighted by molar-refractivity contribution is 6.06. The fourth-order valence-electron chi connectivity index (χ4n) is 5.06. The monoisotopic (exact) mass is 623 g/mol. The van der Waals surface area contributed by atoms with Crippen molar-refractivity contribution < 1.29 is 38.9 Å². The molecule has 4 aromatic carbocycles. The van der Waals surface area contributed by atoms with Crippen molar-refractivity contribution in [3.63, 3.8) is 0 Å². The van der Waals surface area contributed by atoms with Crippen molar-refractivity contribution in [3.05, 3.63) is 125 Å². The fraction of sp³-hybridized carbons (Fsp3) is 0.200. The number of carboxylic acid groups (broad SMARTS) is 1. The van der Waals surface area contributed by atoms with E-state index < -0.39 is 30.1 Å². The maximum Gasteiger partial charge on any atom is 0.407 e. The number of likely N-dealkylation sites (tertiary alicyclic amines) is 1. The SMILES string of the molecule is O=C(N[C@@H]1CN(C(=O)O)CCC[C@H]1OC(=O)c1ccc(NC(=O)c2ccccc2OCc2ccccc2)cc1)c1ccc(O)cc1. The van der Waals surface area contributed by atoms with Crippen molar-refractivity contribution in [1.29, 1.82) is 0 Å². The van der Waals surface area contributed by atoms with E-state index in [-0.39, 0.29) is 35.9 Å². The van der Waals surface area contributed by atoms with Gasteiger partial charge in [0.25, 0.3) is 11.8 Å². The molecule has 1 aliphatic rings. The second-order valence-electron chi connectivity index (χ2n) is 10.7. The zero-order valence-electron chi connectivity index (χ0n) is 24.8. The lowest BCUT2D eigenvalue weighted by Crippen LogP contribution is -2.51. The summed E-state index contributed by atoms with van der Waals surface area (Å²) in [5, 5.41) is 24.7. The minimum atomic E-state index is -1.14. The summed E-state index contributed by atoms with van der Waals surface area (Å²) < 4.78 is 11.7. The van der Waals surface area contributed by atoms with E-state index in [1.54, 1.807) is 36.4 Å². The van der Waals surface area contributed by atoms with Crippen LogP contribution in [-0.4, -0.2) is 64.2 Å². The van der Waals surface area contributed by atoms with Crippen molar-refractivity contribution in [3.8, 4) is 11.5 Å². The molecule has 11 heteroatoms. The average Bonchev–Trinajstić information content (AvgIpc) is 3.27. The van der Waals surface area contributed by atoms with Crippen LogP contribution in [0.3, 0.4) is 0 Å². The van der Waals surface area contributed by atoms with Gasteiger partial charge in [0, 0.05) is 24.3 Å². The van der Waals surface area contributed by atoms with E-state index in [1.807, 2.05) is 30.3 Å². The molecule has 0 aromatic heterocycles. The van der Waals surface area contributed by atoms with E-state index in [4.69, 9.17) is 9.47 Å². The number of para-hydroxylation sites is 1. The number of benzene rings is 4. The molecule has 2 atom stereocenters. The third-order valence-corrected chi connectivity index (χ3v) is 7.50. The number of hydrogen-bond acceptors (Lipinski definition) is 7. The molecule has 0 bridgehead atoms. The third-order valence-electron chi connectivity index (χ3n) is 7.50. The normalized spacial score (nSPS) is 16.0. The van der Waals surface area contributed by atoms with Crippen LogP contribution in [0, 0.1) is 0 Å². The third kappa shape index (κ3) is 8.20. The Kier molecular flexibility index (Phi) is 10.1. The largest absolute Gasteiger partial charge is 0.508 e. The second kappa shape index (κ2) is 14.8. The summed E-state index contributed by atoms with van der Waals surface area (Å²) in [6, 6.07) is 27.5. The van der Waals surface area contributed by atoms with E-state index in [0.717, 1.165) is 5.56 Å². The van der Waals surface area contributed by atoms with Gasteiger partial charge in [-0.25, -0.2) is 9.59 Å². The first-order valence-electron chi connectivity index (χ1n) is 14.7. The first kappa shape index (κ1) is 31.6. The van der Waals surface area contributed by atoms with Gasteiger partial charge in [-0.3, -0.25) is 9.59 Å². The number of hydrogen-bond donors (Lipinski definition) is 4. The number of esters is 1. The van der Waals surface area contributed by atoms with Gasteiger partial charge in [-0.1, -0.05) is 42.5 Å². The molecule has 0 spiro atoms. The Hall–Kier alpha value is -5.84. The van der Waals surface area contributed by atoms with Crippen LogP contribution >= 0.6 is 0 Å². The number of nitrogens with zero attached hydrogens (tertiary/aromatic N) is 1. The van der Waals surface area contributed by atoms with Gasteiger partial charge in [0.1, 0.15) is 24.2 Å². The van der Waals surface area contributed by atoms with E-state index in [1.165, 1.54) is 41.3 Å². The lowest BCUT2D eigenvalue weighted by atomic mass is 10.1. The van der Waals surface area contributed by atoms with Gasteiger partial charge in [0.05, 0.1) is 17.2 Å². The zero-order valence-corrected chi connectivity index (χ0v) is 24.8. The highest BCUT2D eigenvalue weighted by atomic mass is 16.5. The summed E-state index contributed by atoms with van der Waals surface area (Å²) in [6.45, 7) is 0.459. The molecule has 0 radical (unpaired) electrons. The molecule has 3 amide bonds. The predicted molar refractivity (Wildman–Crippen MR) is 169 cm³/mol. The topological polar surface area (TPSA) is 154 Å². The molecule has 1 heterocycles. The van der Waals surface area contributed by atoms with Crippen LogP contribution in [0.5, 0.6) is 11.5 Å². The van der Waals surface area contributed by atoms with Gasteiger partial charge in [0.2, 0.25) is 0 Å². The van der Waals surface area contributed by atoms with Crippen LogP contribution in [0.15, 0.2) is 103 Å². The van der Waals surface area contributed by atoms with Crippen LogP contribution in [-0.2, 0) is 11.3 Å². The van der Waals surface area contributed by atoms with Crippen LogP contribution in [0.25, 0.3) is 0 Å². The number of rotatable bonds is 9. The summed E-state index contributed by atoms with van der Waals surface area (Å²) in [5.41, 5.74) is 2.25. The maximum absolute atomic E-state index is 13.2. The van der Waals surface area contributed by atoms with Crippen molar-refractivity contribution >= 4 is 29.6 Å². The molecule has 4 aromatic rings. The number of aromatic hydroxyl groups is 1. The van der Waals surface area contributed by atoms with Gasteiger partial charge in [-0.2, -0.15) is 0 Å². The number of nitrogens with one attached hydrogen (secondary N) is 2. The van der Waals surface area contributed by atoms with E-state index in [9.17, 15) is 29.4 Å². The Balaban J connectivity index is 1.23. The molecule has 11 nitrogen and oxygen atoms in total. The highest BCUT2D eigenvalue weighted by Gasteiger charge is 2.33. The molecular formula is C35H33N3O8. The minimum absolute atomic E-state index is 0.00173. The van der Waals surface area contributed by atoms with Crippen molar-refractivity contribution in [2.75, 3.05) is 18.4 Å². The zero-order chi connectivity index (χ0) is 32.5. The molecule has 4 N–H and O–H groups in total. The second-order valence-corrected chi connectivity index (χ2v) is 10.7. The van der Waals surface area contributed by atoms with E-state index >= 15 is 0 Å². The van der Waals surface area contributed by atoms with Gasteiger partial charge in [-0.05, 0) is 79.1 Å². The van der Waals surface area contributed by atoms with E-state index in [0.29, 0.717) is 36.4 Å². The Morgan fingerprint density at radius 1 is 0.804 bits per heavy atom. The van der Waals surface area contributed by atoms with Crippen LogP contribution in [0.4, 0.5) is 10.5 Å². The number of carbonyl (C=O) groups excluding carboxylic acids is 3. The van der Waals surface area contributed by atoms with Crippen LogP contribution < -0.4 is 15.4 Å². The average molecular weight is 624 g/mol. The Bertz CT molecular complexity index is 1680. The van der Waals surface area contributed by atoms with Gasteiger partial charge in [-0.15, -0.1) is 0 Å². The molecule has 1 fully saturated rings. The van der Waals surface area contributed by atoms with Gasteiger partial charge in [0.15, 0.2) is 0 Å². The number of phenols is 1. The van der Waals surface area contributed by atoms with Crippen molar-refractivity contribution in [2.24, 2.45) is 0 Å². The fourth-order valence-corrected chi connectivity index (χ4v) is 5.06. The van der Waals surface area contributed by atoms with Gasteiger partial charge >= 0.3 is 12.1 Å². The molecular weight excluding hydrogens is 590 g/mol. The summed E-state index contributed by atoms with van der Waals surface area (Å²) in [4.78, 5) is 52.1. The van der Waals surface area contributed by atoms with E-state index in [2.05, 4.69) is 10.6 Å². The molecule has 46 heavy (non-hydrogen) atoms. The minimum Gasteiger partial charge on any atom is -0.508 e. The lowest BCUT2D eigenvalue weighted by Gasteiger charge is -2.28. The Labute approximate surface area is 265 Å². The first-order valence-corrected chi connectivity index (χ1v) is 14.7. The summed E-state index contributed by atoms with van der Waals surface area (Å²) in [7, 11) is 0. The highest BCUT2D eigenvalue weighted by Crippen LogP contribution is 2.23. The summed E-state index contributed by atoms with van der Waals surface area (Å²) >= 11 is 0. The van der Waals surface area contributed by atoms with Gasteiger partial charge < -0.3 is 35.2 Å². The standard InChI is InChI=1S/C35H33N3O8/c39-27-18-14-24(15-19-27)32(40)37-29-21-38(35(43)44)20-6-11-31(29)46-34(42)25-12-16-26(17-13-25)36-33(41)28-9-4-5-10-30(28)45-22-23-7-2-1-3-8-23/h1-5,7-10,12-19,29,31,39H,6,11,20-22H2,(H,36,41)(H,37,40)(H,43,44)/t29-,31-/m1/s1. The molecule has 1 aliphatic heterocycles. The number of phenolic OH excluding ortho intramolecular Hbond substituents is 1. The Morgan fingerprint density at radius 3 is 2.20 bits per heavy atom. The quantitative estimate of drug-likeness (QED) is 0.183. The smallest absolute Gasteiger partial charge is 0.407 e. The maximum atomic E-state index is 13.2. The Morgan fingerprint density at radius 2 is 1.48 bits per heavy atom. The summed E-state index contributed by atoms with van der Waals surface area (Å²) in [5.74, 6) is -1.10. The summed E-state index contributed by atoms with van der Waals surface area (Å²) in [6.07, 6.45) is -1.18. The predicted octanol–water partition coefficient (Wildman–Crippen LogP) is 5.32. The molecule has 0 saturated carbocycles. The van der Waals surface area contributed by atoms with Crippen molar-refractivity contribution in [2.45, 2.75) is 31.6 Å². The number of anilines is 1. The van der Waals surface area contributed by atoms with Crippen molar-refractivity contribution in [1.82, 2.24) is 10.2 Å². The molecule has 5 rings (SSSR count). The molecule has 236 valence electrons. The number of carbonyl (C=O) groups is 4. The molecule has 1 saturated heterocycles. The molecule has 0 aliphatic carbocycles.